The van der Waals surface area contributed by atoms with Crippen molar-refractivity contribution < 1.29 is 14.3 Å². The molecule has 174 valence electrons. The van der Waals surface area contributed by atoms with E-state index in [1.807, 2.05) is 24.3 Å². The molecule has 0 unspecified atom stereocenters. The van der Waals surface area contributed by atoms with Crippen LogP contribution in [0.5, 0.6) is 0 Å². The Morgan fingerprint density at radius 3 is 2.58 bits per heavy atom. The summed E-state index contributed by atoms with van der Waals surface area (Å²) in [5, 5.41) is 7.18. The van der Waals surface area contributed by atoms with Gasteiger partial charge in [-0.3, -0.25) is 9.69 Å². The predicted octanol–water partition coefficient (Wildman–Crippen LogP) is 4.47. The van der Waals surface area contributed by atoms with E-state index in [0.29, 0.717) is 31.2 Å². The van der Waals surface area contributed by atoms with Gasteiger partial charge < -0.3 is 9.47 Å². The van der Waals surface area contributed by atoms with Crippen LogP contribution in [0.15, 0.2) is 47.6 Å². The number of hydrogen-bond donors (Lipinski definition) is 0. The largest absolute Gasteiger partial charge is 0.347 e. The second-order valence-corrected chi connectivity index (χ2v) is 9.64. The van der Waals surface area contributed by atoms with Gasteiger partial charge in [0.15, 0.2) is 5.79 Å². The van der Waals surface area contributed by atoms with Crippen LogP contribution in [0.25, 0.3) is 0 Å². The highest BCUT2D eigenvalue weighted by atomic mass is 35.5. The SMILES string of the molecule is Cc1ccc(C)c(C2=NN(C(=O)CN3CCC4(CC3)OCCO4)[C@@H](c3ccccc3Cl)C2)c1. The van der Waals surface area contributed by atoms with Crippen molar-refractivity contribution in [1.82, 2.24) is 9.91 Å². The number of nitrogens with zero attached hydrogens (tertiary/aromatic N) is 3. The zero-order chi connectivity index (χ0) is 23.0. The molecule has 2 saturated heterocycles. The number of aryl methyl sites for hydroxylation is 2. The van der Waals surface area contributed by atoms with Crippen molar-refractivity contribution in [3.8, 4) is 0 Å². The normalized spacial score (nSPS) is 22.7. The topological polar surface area (TPSA) is 54.4 Å². The lowest BCUT2D eigenvalue weighted by Gasteiger charge is -2.37. The maximum Gasteiger partial charge on any atom is 0.257 e. The number of carbonyl (C=O) groups is 1. The van der Waals surface area contributed by atoms with Gasteiger partial charge in [-0.25, -0.2) is 5.01 Å². The van der Waals surface area contributed by atoms with Crippen LogP contribution in [0, 0.1) is 13.8 Å². The summed E-state index contributed by atoms with van der Waals surface area (Å²) in [4.78, 5) is 15.7. The standard InChI is InChI=1S/C26H30ClN3O3/c1-18-7-8-19(2)21(15-18)23-16-24(20-5-3-4-6-22(20)27)30(28-23)25(31)17-29-11-9-26(10-12-29)32-13-14-33-26/h3-8,15,24H,9-14,16-17H2,1-2H3/t24-/m1/s1. The average Bonchev–Trinajstić information content (AvgIpc) is 3.45. The highest BCUT2D eigenvalue weighted by Gasteiger charge is 2.41. The summed E-state index contributed by atoms with van der Waals surface area (Å²) >= 11 is 6.56. The van der Waals surface area contributed by atoms with E-state index in [0.717, 1.165) is 48.3 Å². The minimum Gasteiger partial charge on any atom is -0.347 e. The molecule has 1 spiro atoms. The molecule has 3 aliphatic heterocycles. The van der Waals surface area contributed by atoms with Crippen molar-refractivity contribution in [1.29, 1.82) is 0 Å². The molecule has 33 heavy (non-hydrogen) atoms. The number of carbonyl (C=O) groups excluding carboxylic acids is 1. The van der Waals surface area contributed by atoms with Crippen molar-refractivity contribution >= 4 is 23.2 Å². The van der Waals surface area contributed by atoms with E-state index >= 15 is 0 Å². The van der Waals surface area contributed by atoms with Gasteiger partial charge in [0.1, 0.15) is 0 Å². The van der Waals surface area contributed by atoms with Gasteiger partial charge in [0, 0.05) is 42.9 Å². The lowest BCUT2D eigenvalue weighted by molar-refractivity contribution is -0.186. The summed E-state index contributed by atoms with van der Waals surface area (Å²) in [6, 6.07) is 13.9. The molecule has 2 fully saturated rings. The minimum atomic E-state index is -0.443. The number of ether oxygens (including phenoxy) is 2. The van der Waals surface area contributed by atoms with Crippen molar-refractivity contribution in [2.45, 2.75) is 44.9 Å². The quantitative estimate of drug-likeness (QED) is 0.665. The molecule has 6 nitrogen and oxygen atoms in total. The molecule has 2 aromatic rings. The van der Waals surface area contributed by atoms with Gasteiger partial charge >= 0.3 is 0 Å². The number of benzene rings is 2. The summed E-state index contributed by atoms with van der Waals surface area (Å²) in [5.41, 5.74) is 5.29. The summed E-state index contributed by atoms with van der Waals surface area (Å²) in [5.74, 6) is -0.453. The molecule has 0 aliphatic carbocycles. The van der Waals surface area contributed by atoms with Crippen LogP contribution in [0.3, 0.4) is 0 Å². The van der Waals surface area contributed by atoms with E-state index < -0.39 is 5.79 Å². The first-order valence-corrected chi connectivity index (χ1v) is 12.0. The third-order valence-corrected chi connectivity index (χ3v) is 7.27. The van der Waals surface area contributed by atoms with Crippen LogP contribution in [0.2, 0.25) is 5.02 Å². The molecule has 0 N–H and O–H groups in total. The third-order valence-electron chi connectivity index (χ3n) is 6.92. The zero-order valence-corrected chi connectivity index (χ0v) is 20.0. The number of piperidine rings is 1. The van der Waals surface area contributed by atoms with Gasteiger partial charge in [0.25, 0.3) is 5.91 Å². The number of hydrogen-bond acceptors (Lipinski definition) is 5. The predicted molar refractivity (Wildman–Crippen MR) is 128 cm³/mol. The van der Waals surface area contributed by atoms with E-state index in [4.69, 9.17) is 26.2 Å². The van der Waals surface area contributed by atoms with Crippen LogP contribution in [-0.2, 0) is 14.3 Å². The summed E-state index contributed by atoms with van der Waals surface area (Å²) in [6.45, 7) is 7.33. The highest BCUT2D eigenvalue weighted by molar-refractivity contribution is 6.31. The Labute approximate surface area is 200 Å². The fraction of sp³-hybridized carbons (Fsp3) is 0.462. The molecule has 0 aromatic heterocycles. The van der Waals surface area contributed by atoms with Crippen molar-refractivity contribution in [2.24, 2.45) is 5.10 Å². The van der Waals surface area contributed by atoms with Gasteiger partial charge in [-0.15, -0.1) is 0 Å². The average molecular weight is 468 g/mol. The van der Waals surface area contributed by atoms with E-state index in [1.165, 1.54) is 5.56 Å². The monoisotopic (exact) mass is 467 g/mol. The molecule has 7 heteroatoms. The first kappa shape index (κ1) is 22.5. The highest BCUT2D eigenvalue weighted by Crippen LogP contribution is 2.37. The fourth-order valence-electron chi connectivity index (χ4n) is 5.04. The Balaban J connectivity index is 1.38. The molecule has 0 radical (unpaired) electrons. The maximum atomic E-state index is 13.5. The van der Waals surface area contributed by atoms with Crippen LogP contribution < -0.4 is 0 Å². The first-order valence-electron chi connectivity index (χ1n) is 11.7. The Kier molecular flexibility index (Phi) is 6.27. The molecule has 3 heterocycles. The fourth-order valence-corrected chi connectivity index (χ4v) is 5.30. The molecular weight excluding hydrogens is 438 g/mol. The Hall–Kier alpha value is -2.25. The Bertz CT molecular complexity index is 1070. The maximum absolute atomic E-state index is 13.5. The summed E-state index contributed by atoms with van der Waals surface area (Å²) in [6.07, 6.45) is 2.21. The van der Waals surface area contributed by atoms with E-state index in [1.54, 1.807) is 5.01 Å². The Morgan fingerprint density at radius 2 is 1.85 bits per heavy atom. The molecule has 3 aliphatic rings. The number of hydrazone groups is 1. The van der Waals surface area contributed by atoms with Crippen LogP contribution in [0.4, 0.5) is 0 Å². The molecule has 0 saturated carbocycles. The van der Waals surface area contributed by atoms with Gasteiger partial charge in [0.05, 0.1) is 31.5 Å². The Morgan fingerprint density at radius 1 is 1.12 bits per heavy atom. The number of halogens is 1. The smallest absolute Gasteiger partial charge is 0.257 e. The molecule has 1 amide bonds. The van der Waals surface area contributed by atoms with Crippen molar-refractivity contribution in [3.05, 3.63) is 69.7 Å². The van der Waals surface area contributed by atoms with Crippen LogP contribution in [0.1, 0.15) is 47.6 Å². The van der Waals surface area contributed by atoms with Crippen molar-refractivity contribution in [3.63, 3.8) is 0 Å². The number of rotatable bonds is 4. The second kappa shape index (κ2) is 9.18. The molecule has 2 aromatic carbocycles. The molecular formula is C26H30ClN3O3. The van der Waals surface area contributed by atoms with E-state index in [2.05, 4.69) is 36.9 Å². The minimum absolute atomic E-state index is 0.00978. The summed E-state index contributed by atoms with van der Waals surface area (Å²) < 4.78 is 11.7. The van der Waals surface area contributed by atoms with Gasteiger partial charge in [-0.1, -0.05) is 47.5 Å². The zero-order valence-electron chi connectivity index (χ0n) is 19.2. The summed E-state index contributed by atoms with van der Waals surface area (Å²) in [7, 11) is 0. The molecule has 0 bridgehead atoms. The number of likely N-dealkylation sites (tertiary alicyclic amines) is 1. The van der Waals surface area contributed by atoms with E-state index in [-0.39, 0.29) is 11.9 Å². The van der Waals surface area contributed by atoms with Crippen LogP contribution >= 0.6 is 11.6 Å². The molecule has 5 rings (SSSR count). The lowest BCUT2D eigenvalue weighted by atomic mass is 9.95. The van der Waals surface area contributed by atoms with E-state index in [9.17, 15) is 4.79 Å². The number of amides is 1. The second-order valence-electron chi connectivity index (χ2n) is 9.23. The van der Waals surface area contributed by atoms with Gasteiger partial charge in [0.2, 0.25) is 0 Å². The first-order chi connectivity index (χ1) is 15.9. The van der Waals surface area contributed by atoms with Crippen molar-refractivity contribution in [2.75, 3.05) is 32.8 Å². The van der Waals surface area contributed by atoms with Crippen LogP contribution in [-0.4, -0.2) is 60.2 Å². The third kappa shape index (κ3) is 4.58. The van der Waals surface area contributed by atoms with Gasteiger partial charge in [-0.2, -0.15) is 5.10 Å². The molecule has 1 atom stereocenters. The lowest BCUT2D eigenvalue weighted by Crippen LogP contribution is -2.48. The van der Waals surface area contributed by atoms with Gasteiger partial charge in [-0.05, 0) is 37.1 Å².